The zero-order chi connectivity index (χ0) is 21.9. The van der Waals surface area contributed by atoms with Crippen LogP contribution in [0.2, 0.25) is 0 Å². The Morgan fingerprint density at radius 2 is 1.77 bits per heavy atom. The number of aliphatic imine (C=N–C) groups is 1. The molecule has 31 heavy (non-hydrogen) atoms. The van der Waals surface area contributed by atoms with E-state index in [-0.39, 0.29) is 35.9 Å². The first-order valence-corrected chi connectivity index (χ1v) is 9.70. The minimum absolute atomic E-state index is 0. The molecular formula is C22H31FIN3O4. The lowest BCUT2D eigenvalue weighted by molar-refractivity contribution is 0.198. The smallest absolute Gasteiger partial charge is 0.203 e. The van der Waals surface area contributed by atoms with Gasteiger partial charge in [-0.25, -0.2) is 4.39 Å². The molecule has 0 bridgehead atoms. The average Bonchev–Trinajstić information content (AvgIpc) is 2.77. The molecule has 1 unspecified atom stereocenters. The summed E-state index contributed by atoms with van der Waals surface area (Å²) in [5, 5.41) is 6.49. The Labute approximate surface area is 200 Å². The highest BCUT2D eigenvalue weighted by molar-refractivity contribution is 14.0. The van der Waals surface area contributed by atoms with Crippen molar-refractivity contribution in [2.75, 3.05) is 34.9 Å². The van der Waals surface area contributed by atoms with Gasteiger partial charge in [-0.2, -0.15) is 0 Å². The van der Waals surface area contributed by atoms with Crippen molar-refractivity contribution in [3.8, 4) is 23.0 Å². The van der Waals surface area contributed by atoms with Gasteiger partial charge in [0.05, 0.1) is 27.9 Å². The molecule has 0 fully saturated rings. The number of rotatable bonds is 10. The molecule has 0 saturated carbocycles. The molecule has 2 aromatic rings. The largest absolute Gasteiger partial charge is 0.493 e. The van der Waals surface area contributed by atoms with Gasteiger partial charge in [-0.3, -0.25) is 4.99 Å². The van der Waals surface area contributed by atoms with Crippen LogP contribution in [-0.4, -0.2) is 47.0 Å². The van der Waals surface area contributed by atoms with Crippen molar-refractivity contribution in [2.45, 2.75) is 26.0 Å². The summed E-state index contributed by atoms with van der Waals surface area (Å²) >= 11 is 0. The van der Waals surface area contributed by atoms with Gasteiger partial charge in [0.2, 0.25) is 5.75 Å². The number of ether oxygens (including phenoxy) is 4. The van der Waals surface area contributed by atoms with Crippen LogP contribution in [-0.2, 0) is 6.54 Å². The van der Waals surface area contributed by atoms with E-state index in [2.05, 4.69) is 15.6 Å². The SMILES string of the molecule is CCC(CNC(=NC)NCc1ccc(OC)c(OC)c1OC)Oc1cccc(F)c1.I. The van der Waals surface area contributed by atoms with E-state index in [0.717, 1.165) is 12.0 Å². The maximum absolute atomic E-state index is 13.4. The summed E-state index contributed by atoms with van der Waals surface area (Å²) in [6.07, 6.45) is 0.616. The summed E-state index contributed by atoms with van der Waals surface area (Å²) in [5.41, 5.74) is 0.890. The van der Waals surface area contributed by atoms with E-state index in [1.54, 1.807) is 40.5 Å². The van der Waals surface area contributed by atoms with Crippen molar-refractivity contribution in [2.24, 2.45) is 4.99 Å². The Bertz CT molecular complexity index is 852. The van der Waals surface area contributed by atoms with E-state index >= 15 is 0 Å². The minimum atomic E-state index is -0.323. The van der Waals surface area contributed by atoms with Gasteiger partial charge in [-0.15, -0.1) is 24.0 Å². The number of benzene rings is 2. The van der Waals surface area contributed by atoms with Gasteiger partial charge in [-0.1, -0.05) is 13.0 Å². The molecule has 0 aromatic heterocycles. The molecule has 1 atom stereocenters. The van der Waals surface area contributed by atoms with Crippen LogP contribution in [0.4, 0.5) is 4.39 Å². The van der Waals surface area contributed by atoms with Gasteiger partial charge in [0.1, 0.15) is 17.7 Å². The molecule has 0 aliphatic carbocycles. The van der Waals surface area contributed by atoms with Gasteiger partial charge < -0.3 is 29.6 Å². The quantitative estimate of drug-likeness (QED) is 0.266. The first-order chi connectivity index (χ1) is 14.6. The van der Waals surface area contributed by atoms with Gasteiger partial charge in [0, 0.05) is 25.2 Å². The number of guanidine groups is 1. The first kappa shape index (κ1) is 26.6. The van der Waals surface area contributed by atoms with Crippen LogP contribution in [0, 0.1) is 5.82 Å². The lowest BCUT2D eigenvalue weighted by Crippen LogP contribution is -2.42. The highest BCUT2D eigenvalue weighted by atomic mass is 127. The first-order valence-electron chi connectivity index (χ1n) is 9.70. The number of hydrogen-bond donors (Lipinski definition) is 2. The van der Waals surface area contributed by atoms with Gasteiger partial charge in [-0.05, 0) is 30.7 Å². The number of hydrogen-bond acceptors (Lipinski definition) is 5. The summed E-state index contributed by atoms with van der Waals surface area (Å²) in [5.74, 6) is 2.52. The topological polar surface area (TPSA) is 73.3 Å². The molecule has 0 aliphatic heterocycles. The summed E-state index contributed by atoms with van der Waals surface area (Å²) in [4.78, 5) is 4.24. The Balaban J connectivity index is 0.00000480. The Hall–Kier alpha value is -2.43. The van der Waals surface area contributed by atoms with Gasteiger partial charge in [0.15, 0.2) is 17.5 Å². The molecule has 2 aromatic carbocycles. The van der Waals surface area contributed by atoms with Crippen molar-refractivity contribution in [1.29, 1.82) is 0 Å². The maximum Gasteiger partial charge on any atom is 0.203 e. The molecule has 2 rings (SSSR count). The average molecular weight is 547 g/mol. The standard InChI is InChI=1S/C22H30FN3O4.HI/c1-6-17(30-18-9-7-8-16(23)12-18)14-26-22(24-2)25-13-15-10-11-19(27-3)21(29-5)20(15)28-4;/h7-12,17H,6,13-14H2,1-5H3,(H2,24,25,26);1H. The lowest BCUT2D eigenvalue weighted by atomic mass is 10.1. The molecule has 0 aliphatic rings. The van der Waals surface area contributed by atoms with E-state index in [9.17, 15) is 4.39 Å². The zero-order valence-corrected chi connectivity index (χ0v) is 20.9. The predicted octanol–water partition coefficient (Wildman–Crippen LogP) is 3.99. The van der Waals surface area contributed by atoms with Crippen LogP contribution in [0.25, 0.3) is 0 Å². The van der Waals surface area contributed by atoms with Crippen molar-refractivity contribution in [3.05, 3.63) is 47.8 Å². The predicted molar refractivity (Wildman–Crippen MR) is 131 cm³/mol. The molecule has 172 valence electrons. The van der Waals surface area contributed by atoms with Crippen LogP contribution in [0.3, 0.4) is 0 Å². The van der Waals surface area contributed by atoms with Crippen LogP contribution < -0.4 is 29.6 Å². The molecule has 0 amide bonds. The van der Waals surface area contributed by atoms with Crippen molar-refractivity contribution >= 4 is 29.9 Å². The monoisotopic (exact) mass is 547 g/mol. The fourth-order valence-electron chi connectivity index (χ4n) is 2.91. The Morgan fingerprint density at radius 1 is 1.03 bits per heavy atom. The molecule has 0 radical (unpaired) electrons. The second-order valence-electron chi connectivity index (χ2n) is 6.41. The highest BCUT2D eigenvalue weighted by Crippen LogP contribution is 2.39. The molecule has 0 heterocycles. The van der Waals surface area contributed by atoms with E-state index in [1.165, 1.54) is 12.1 Å². The van der Waals surface area contributed by atoms with E-state index < -0.39 is 0 Å². The van der Waals surface area contributed by atoms with Crippen LogP contribution in [0.15, 0.2) is 41.4 Å². The lowest BCUT2D eigenvalue weighted by Gasteiger charge is -2.20. The highest BCUT2D eigenvalue weighted by Gasteiger charge is 2.16. The second kappa shape index (κ2) is 13.8. The number of halogens is 2. The maximum atomic E-state index is 13.4. The van der Waals surface area contributed by atoms with E-state index in [4.69, 9.17) is 18.9 Å². The molecule has 0 saturated heterocycles. The molecule has 2 N–H and O–H groups in total. The third-order valence-corrected chi connectivity index (χ3v) is 4.51. The van der Waals surface area contributed by atoms with Crippen molar-refractivity contribution < 1.29 is 23.3 Å². The van der Waals surface area contributed by atoms with Gasteiger partial charge >= 0.3 is 0 Å². The number of nitrogens with one attached hydrogen (secondary N) is 2. The third-order valence-electron chi connectivity index (χ3n) is 4.51. The molecule has 9 heteroatoms. The fraction of sp³-hybridized carbons (Fsp3) is 0.409. The molecule has 7 nitrogen and oxygen atoms in total. The summed E-state index contributed by atoms with van der Waals surface area (Å²) in [7, 11) is 6.43. The summed E-state index contributed by atoms with van der Waals surface area (Å²) < 4.78 is 35.5. The van der Waals surface area contributed by atoms with Gasteiger partial charge in [0.25, 0.3) is 0 Å². The van der Waals surface area contributed by atoms with Crippen molar-refractivity contribution in [1.82, 2.24) is 10.6 Å². The Kier molecular flexibility index (Phi) is 11.8. The number of methoxy groups -OCH3 is 3. The summed E-state index contributed by atoms with van der Waals surface area (Å²) in [6, 6.07) is 9.86. The van der Waals surface area contributed by atoms with Crippen molar-refractivity contribution in [3.63, 3.8) is 0 Å². The normalized spacial score (nSPS) is 11.7. The fourth-order valence-corrected chi connectivity index (χ4v) is 2.91. The minimum Gasteiger partial charge on any atom is -0.493 e. The zero-order valence-electron chi connectivity index (χ0n) is 18.5. The summed E-state index contributed by atoms with van der Waals surface area (Å²) in [6.45, 7) is 2.98. The van der Waals surface area contributed by atoms with Crippen LogP contribution in [0.1, 0.15) is 18.9 Å². The van der Waals surface area contributed by atoms with Crippen LogP contribution >= 0.6 is 24.0 Å². The number of nitrogens with zero attached hydrogens (tertiary/aromatic N) is 1. The third kappa shape index (κ3) is 7.64. The Morgan fingerprint density at radius 3 is 2.35 bits per heavy atom. The molecular weight excluding hydrogens is 516 g/mol. The molecule has 0 spiro atoms. The van der Waals surface area contributed by atoms with E-state index in [0.29, 0.717) is 42.0 Å². The second-order valence-corrected chi connectivity index (χ2v) is 6.41. The van der Waals surface area contributed by atoms with E-state index in [1.807, 2.05) is 19.1 Å². The van der Waals surface area contributed by atoms with Crippen LogP contribution in [0.5, 0.6) is 23.0 Å².